The van der Waals surface area contributed by atoms with Crippen molar-refractivity contribution in [2.24, 2.45) is 0 Å². The van der Waals surface area contributed by atoms with E-state index in [0.717, 1.165) is 61.4 Å². The van der Waals surface area contributed by atoms with E-state index in [2.05, 4.69) is 235 Å². The second-order valence-corrected chi connectivity index (χ2v) is 22.1. The zero-order valence-electron chi connectivity index (χ0n) is 42.5. The van der Waals surface area contributed by atoms with Crippen LogP contribution in [-0.2, 0) is 37.3 Å². The first-order valence-corrected chi connectivity index (χ1v) is 24.7. The van der Waals surface area contributed by atoms with Crippen molar-refractivity contribution in [1.82, 2.24) is 19.1 Å². The molecule has 3 heterocycles. The van der Waals surface area contributed by atoms with Crippen LogP contribution in [0, 0.1) is 6.07 Å². The molecule has 0 aliphatic heterocycles. The molecule has 360 valence electrons. The number of imidazole rings is 1. The zero-order chi connectivity index (χ0) is 49.4. The number of hydrogen-bond donors (Lipinski definition) is 1. The summed E-state index contributed by atoms with van der Waals surface area (Å²) < 4.78 is 4.63. The quantitative estimate of drug-likeness (QED) is 0.162. The molecule has 0 amide bonds. The van der Waals surface area contributed by atoms with Crippen molar-refractivity contribution in [3.05, 3.63) is 211 Å². The number of nitrogens with zero attached hydrogens (tertiary/aromatic N) is 4. The van der Waals surface area contributed by atoms with E-state index in [1.54, 1.807) is 6.07 Å². The van der Waals surface area contributed by atoms with Crippen molar-refractivity contribution < 1.29 is 26.2 Å². The first kappa shape index (κ1) is 48.3. The Hall–Kier alpha value is -7.33. The third-order valence-electron chi connectivity index (χ3n) is 14.0. The zero-order valence-corrected chi connectivity index (χ0v) is 44.7. The third-order valence-corrected chi connectivity index (χ3v) is 14.0. The minimum atomic E-state index is -0.183. The van der Waals surface area contributed by atoms with Gasteiger partial charge in [-0.05, 0) is 110 Å². The Morgan fingerprint density at radius 1 is 0.431 bits per heavy atom. The van der Waals surface area contributed by atoms with Gasteiger partial charge in [-0.25, -0.2) is 4.98 Å². The number of hydrogen-bond acceptors (Lipinski definition) is 3. The van der Waals surface area contributed by atoms with Crippen LogP contribution in [0.4, 0.5) is 0 Å². The summed E-state index contributed by atoms with van der Waals surface area (Å²) in [7, 11) is 0. The van der Waals surface area contributed by atoms with Crippen LogP contribution in [0.5, 0.6) is 5.75 Å². The van der Waals surface area contributed by atoms with Crippen molar-refractivity contribution in [3.8, 4) is 73.2 Å². The summed E-state index contributed by atoms with van der Waals surface area (Å²) in [4.78, 5) is 10.5. The third kappa shape index (κ3) is 8.90. The van der Waals surface area contributed by atoms with Gasteiger partial charge >= 0.3 is 0 Å². The second kappa shape index (κ2) is 18.4. The summed E-state index contributed by atoms with van der Waals surface area (Å²) in [5.74, 6) is 0.860. The topological polar surface area (TPSA) is 55.9 Å². The minimum Gasteiger partial charge on any atom is -0.507 e. The predicted octanol–water partition coefficient (Wildman–Crippen LogP) is 17.2. The van der Waals surface area contributed by atoms with Crippen molar-refractivity contribution in [2.45, 2.75) is 78.6 Å². The molecule has 11 rings (SSSR count). The number of benzene rings is 8. The first-order chi connectivity index (χ1) is 34.0. The average Bonchev–Trinajstić information content (AvgIpc) is 3.92. The average molecular weight is 1120 g/mol. The van der Waals surface area contributed by atoms with Crippen LogP contribution >= 0.6 is 0 Å². The van der Waals surface area contributed by atoms with Gasteiger partial charge in [0.05, 0.1) is 27.6 Å². The normalized spacial score (nSPS) is 12.2. The Bertz CT molecular complexity index is 3810. The maximum absolute atomic E-state index is 11.4. The van der Waals surface area contributed by atoms with Gasteiger partial charge in [0.15, 0.2) is 0 Å². The van der Waals surface area contributed by atoms with Gasteiger partial charge in [-0.1, -0.05) is 183 Å². The number of fused-ring (bicyclic) bond motifs is 4. The number of pyridine rings is 1. The summed E-state index contributed by atoms with van der Waals surface area (Å²) in [6, 6.07) is 68.5. The summed E-state index contributed by atoms with van der Waals surface area (Å²) in [5.41, 5.74) is 18.3. The Kier molecular flexibility index (Phi) is 12.3. The van der Waals surface area contributed by atoms with Crippen LogP contribution in [0.2, 0.25) is 0 Å². The molecule has 5 nitrogen and oxygen atoms in total. The van der Waals surface area contributed by atoms with E-state index in [9.17, 15) is 5.11 Å². The molecule has 0 aliphatic carbocycles. The molecule has 1 N–H and O–H groups in total. The van der Waals surface area contributed by atoms with Crippen LogP contribution < -0.4 is 0 Å². The van der Waals surface area contributed by atoms with Gasteiger partial charge in [0.25, 0.3) is 0 Å². The fourth-order valence-corrected chi connectivity index (χ4v) is 9.95. The molecule has 8 aromatic carbocycles. The molecule has 3 aromatic heterocycles. The fourth-order valence-electron chi connectivity index (χ4n) is 9.95. The molecule has 0 unspecified atom stereocenters. The summed E-state index contributed by atoms with van der Waals surface area (Å²) in [6.45, 7) is 20.3. The van der Waals surface area contributed by atoms with Gasteiger partial charge in [-0.2, -0.15) is 0 Å². The summed E-state index contributed by atoms with van der Waals surface area (Å²) >= 11 is 0. The van der Waals surface area contributed by atoms with E-state index in [1.165, 1.54) is 44.1 Å². The van der Waals surface area contributed by atoms with Crippen LogP contribution in [0.25, 0.3) is 100 Å². The summed E-state index contributed by atoms with van der Waals surface area (Å²) in [5, 5.41) is 13.9. The van der Waals surface area contributed by atoms with Crippen LogP contribution in [-0.4, -0.2) is 24.2 Å². The van der Waals surface area contributed by atoms with Gasteiger partial charge in [0.2, 0.25) is 0 Å². The van der Waals surface area contributed by atoms with Crippen molar-refractivity contribution >= 4 is 32.8 Å². The number of phenols is 1. The van der Waals surface area contributed by atoms with Crippen molar-refractivity contribution in [1.29, 1.82) is 0 Å². The van der Waals surface area contributed by atoms with Crippen LogP contribution in [0.1, 0.15) is 79.0 Å². The Balaban J connectivity index is 0.00000596. The SMILES string of the molecule is CC(C)(C)c1cc(-c2cc(-c3ccc4c5ccccc5n(-c5cccc(-c6ccccc6)c5)c4c3)ccn2)[c-]c(-c2cccc3c2nc(-c2ccccc2O)n3-c2cc(C(C)(C)C)cc(C(C)(C)C)c2)c1.[Pt]. The Morgan fingerprint density at radius 2 is 1.01 bits per heavy atom. The fraction of sp³-hybridized carbons (Fsp3) is 0.182. The smallest absolute Gasteiger partial charge is 0.148 e. The van der Waals surface area contributed by atoms with Gasteiger partial charge in [-0.3, -0.25) is 9.55 Å². The number of aromatic hydroxyl groups is 1. The Morgan fingerprint density at radius 3 is 1.75 bits per heavy atom. The van der Waals surface area contributed by atoms with E-state index in [-0.39, 0.29) is 43.1 Å². The first-order valence-electron chi connectivity index (χ1n) is 24.7. The molecule has 0 radical (unpaired) electrons. The number of rotatable bonds is 7. The van der Waals surface area contributed by atoms with Gasteiger partial charge in [0, 0.05) is 55.1 Å². The molecular weight excluding hydrogens is 1060 g/mol. The standard InChI is InChI=1S/C66H59N4O.Pt/c1-64(2,3)48-34-46(53-25-18-27-59-62(53)68-63(56-24-14-16-28-61(56)71)70(59)52-40-49(65(4,5)6)39-50(41-52)66(7,8)9)33-47(35-48)57-37-45(31-32-67-57)44-29-30-55-54-23-13-15-26-58(54)69(60(55)38-44)51-22-17-21-43(36-51)42-19-11-10-12-20-42;/h10-32,34-41,71H,1-9H3;/q-1;. The minimum absolute atomic E-state index is 0. The van der Waals surface area contributed by atoms with Crippen LogP contribution in [0.15, 0.2) is 188 Å². The van der Waals surface area contributed by atoms with Crippen molar-refractivity contribution in [3.63, 3.8) is 0 Å². The maximum atomic E-state index is 11.4. The molecule has 0 fully saturated rings. The maximum Gasteiger partial charge on any atom is 0.148 e. The molecule has 0 saturated carbocycles. The van der Waals surface area contributed by atoms with E-state index in [0.29, 0.717) is 11.4 Å². The van der Waals surface area contributed by atoms with Gasteiger partial charge in [-0.15, -0.1) is 29.3 Å². The molecule has 0 bridgehead atoms. The largest absolute Gasteiger partial charge is 0.507 e. The molecule has 72 heavy (non-hydrogen) atoms. The molecular formula is C66H59N4OPt-. The number of phenolic OH excluding ortho intramolecular Hbond substituents is 1. The molecule has 0 saturated heterocycles. The van der Waals surface area contributed by atoms with Crippen LogP contribution in [0.3, 0.4) is 0 Å². The van der Waals surface area contributed by atoms with Gasteiger partial charge in [0.1, 0.15) is 11.6 Å². The monoisotopic (exact) mass is 1120 g/mol. The second-order valence-electron chi connectivity index (χ2n) is 22.1. The summed E-state index contributed by atoms with van der Waals surface area (Å²) in [6.07, 6.45) is 1.92. The van der Waals surface area contributed by atoms with Crippen molar-refractivity contribution in [2.75, 3.05) is 0 Å². The molecule has 6 heteroatoms. The predicted molar refractivity (Wildman–Crippen MR) is 297 cm³/mol. The molecule has 0 aliphatic rings. The van der Waals surface area contributed by atoms with E-state index < -0.39 is 0 Å². The van der Waals surface area contributed by atoms with Gasteiger partial charge < -0.3 is 9.67 Å². The molecule has 0 atom stereocenters. The molecule has 11 aromatic rings. The van der Waals surface area contributed by atoms with E-state index in [4.69, 9.17) is 9.97 Å². The Labute approximate surface area is 438 Å². The number of aromatic nitrogens is 4. The van der Waals surface area contributed by atoms with E-state index >= 15 is 0 Å². The number of para-hydroxylation sites is 3. The molecule has 0 spiro atoms. The van der Waals surface area contributed by atoms with E-state index in [1.807, 2.05) is 24.4 Å².